The first-order valence-corrected chi connectivity index (χ1v) is 9.06. The molecule has 0 bridgehead atoms. The molecule has 0 saturated carbocycles. The van der Waals surface area contributed by atoms with Gasteiger partial charge in [0.25, 0.3) is 0 Å². The molecule has 2 N–H and O–H groups in total. The fourth-order valence-electron chi connectivity index (χ4n) is 3.71. The molecule has 130 valence electrons. The van der Waals surface area contributed by atoms with E-state index in [0.717, 1.165) is 47.9 Å². The van der Waals surface area contributed by atoms with Crippen LogP contribution in [0.25, 0.3) is 11.0 Å². The number of ether oxygens (including phenoxy) is 2. The first kappa shape index (κ1) is 15.7. The number of fused-ring (bicyclic) bond motifs is 2. The van der Waals surface area contributed by atoms with Gasteiger partial charge in [0.2, 0.25) is 0 Å². The van der Waals surface area contributed by atoms with E-state index in [2.05, 4.69) is 15.5 Å². The zero-order valence-corrected chi connectivity index (χ0v) is 14.2. The Morgan fingerprint density at radius 3 is 2.50 bits per heavy atom. The maximum Gasteiger partial charge on any atom is 0.163 e. The molecule has 0 radical (unpaired) electrons. The topological polar surface area (TPSA) is 65.5 Å². The van der Waals surface area contributed by atoms with Crippen molar-refractivity contribution in [2.24, 2.45) is 5.73 Å². The molecule has 2 aliphatic rings. The summed E-state index contributed by atoms with van der Waals surface area (Å²) >= 11 is 0. The van der Waals surface area contributed by atoms with Crippen LogP contribution in [0.2, 0.25) is 0 Å². The molecule has 0 aliphatic carbocycles. The number of piperidine rings is 1. The van der Waals surface area contributed by atoms with Crippen molar-refractivity contribution in [1.82, 2.24) is 14.5 Å². The lowest BCUT2D eigenvalue weighted by Crippen LogP contribution is -2.32. The van der Waals surface area contributed by atoms with Crippen molar-refractivity contribution < 1.29 is 9.47 Å². The molecule has 1 aromatic carbocycles. The minimum atomic E-state index is 0.601. The molecule has 0 spiro atoms. The van der Waals surface area contributed by atoms with E-state index in [1.54, 1.807) is 0 Å². The minimum absolute atomic E-state index is 0.601. The fourth-order valence-corrected chi connectivity index (χ4v) is 3.71. The van der Waals surface area contributed by atoms with Gasteiger partial charge in [-0.05, 0) is 32.5 Å². The first-order chi connectivity index (χ1) is 11.8. The van der Waals surface area contributed by atoms with Crippen molar-refractivity contribution in [1.29, 1.82) is 0 Å². The van der Waals surface area contributed by atoms with E-state index in [-0.39, 0.29) is 0 Å². The third kappa shape index (κ3) is 3.08. The van der Waals surface area contributed by atoms with Gasteiger partial charge in [-0.3, -0.25) is 0 Å². The van der Waals surface area contributed by atoms with Crippen molar-refractivity contribution >= 4 is 11.0 Å². The van der Waals surface area contributed by atoms with Gasteiger partial charge in [-0.1, -0.05) is 6.42 Å². The summed E-state index contributed by atoms with van der Waals surface area (Å²) in [6, 6.07) is 4.08. The van der Waals surface area contributed by atoms with E-state index in [0.29, 0.717) is 19.8 Å². The largest absolute Gasteiger partial charge is 0.486 e. The van der Waals surface area contributed by atoms with Gasteiger partial charge in [-0.15, -0.1) is 0 Å². The molecule has 6 nitrogen and oxygen atoms in total. The molecule has 24 heavy (non-hydrogen) atoms. The van der Waals surface area contributed by atoms with Gasteiger partial charge < -0.3 is 24.7 Å². The highest BCUT2D eigenvalue weighted by molar-refractivity contribution is 5.80. The van der Waals surface area contributed by atoms with Crippen LogP contribution in [0, 0.1) is 0 Å². The van der Waals surface area contributed by atoms with Crippen LogP contribution in [0.1, 0.15) is 25.1 Å². The van der Waals surface area contributed by atoms with Gasteiger partial charge in [0.1, 0.15) is 19.0 Å². The Hall–Kier alpha value is -1.79. The van der Waals surface area contributed by atoms with Crippen molar-refractivity contribution in [3.63, 3.8) is 0 Å². The van der Waals surface area contributed by atoms with E-state index < -0.39 is 0 Å². The predicted octanol–water partition coefficient (Wildman–Crippen LogP) is 1.79. The molecule has 2 aromatic rings. The molecule has 0 amide bonds. The summed E-state index contributed by atoms with van der Waals surface area (Å²) in [5.41, 5.74) is 7.90. The quantitative estimate of drug-likeness (QED) is 0.905. The highest BCUT2D eigenvalue weighted by Gasteiger charge is 2.18. The summed E-state index contributed by atoms with van der Waals surface area (Å²) in [4.78, 5) is 7.36. The fraction of sp³-hybridized carbons (Fsp3) is 0.611. The molecule has 1 aromatic heterocycles. The van der Waals surface area contributed by atoms with E-state index in [1.807, 2.05) is 6.07 Å². The Kier molecular flexibility index (Phi) is 4.58. The summed E-state index contributed by atoms with van der Waals surface area (Å²) in [7, 11) is 0. The summed E-state index contributed by atoms with van der Waals surface area (Å²) in [6.45, 7) is 6.26. The molecule has 0 unspecified atom stereocenters. The average Bonchev–Trinajstić information content (AvgIpc) is 2.95. The number of rotatable bonds is 5. The van der Waals surface area contributed by atoms with E-state index in [9.17, 15) is 0 Å². The summed E-state index contributed by atoms with van der Waals surface area (Å²) in [5.74, 6) is 2.69. The van der Waals surface area contributed by atoms with E-state index in [4.69, 9.17) is 20.2 Å². The molecular weight excluding hydrogens is 304 g/mol. The zero-order chi connectivity index (χ0) is 16.4. The van der Waals surface area contributed by atoms with Crippen LogP contribution in [0.15, 0.2) is 12.1 Å². The van der Waals surface area contributed by atoms with Gasteiger partial charge in [-0.25, -0.2) is 4.98 Å². The third-order valence-corrected chi connectivity index (χ3v) is 4.95. The molecule has 3 heterocycles. The minimum Gasteiger partial charge on any atom is -0.486 e. The smallest absolute Gasteiger partial charge is 0.163 e. The van der Waals surface area contributed by atoms with Crippen molar-refractivity contribution in [2.45, 2.75) is 32.2 Å². The second-order valence-electron chi connectivity index (χ2n) is 6.61. The summed E-state index contributed by atoms with van der Waals surface area (Å²) in [5, 5.41) is 0. The van der Waals surface area contributed by atoms with Gasteiger partial charge in [-0.2, -0.15) is 0 Å². The molecule has 2 aliphatic heterocycles. The first-order valence-electron chi connectivity index (χ1n) is 9.06. The Morgan fingerprint density at radius 1 is 1.00 bits per heavy atom. The second-order valence-corrected chi connectivity index (χ2v) is 6.61. The van der Waals surface area contributed by atoms with Crippen LogP contribution in [-0.2, 0) is 13.0 Å². The van der Waals surface area contributed by atoms with Crippen LogP contribution < -0.4 is 15.2 Å². The van der Waals surface area contributed by atoms with E-state index >= 15 is 0 Å². The average molecular weight is 330 g/mol. The standard InChI is InChI=1S/C18H26N4O2/c19-5-4-18-20-14-12-16-17(24-11-10-23-16)13-15(14)22(18)9-8-21-6-2-1-3-7-21/h12-13H,1-11,19H2. The molecule has 6 heteroatoms. The predicted molar refractivity (Wildman–Crippen MR) is 93.8 cm³/mol. The third-order valence-electron chi connectivity index (χ3n) is 4.95. The van der Waals surface area contributed by atoms with Crippen molar-refractivity contribution in [3.05, 3.63) is 18.0 Å². The summed E-state index contributed by atoms with van der Waals surface area (Å²) in [6.07, 6.45) is 4.80. The molecule has 0 atom stereocenters. The number of likely N-dealkylation sites (tertiary alicyclic amines) is 1. The second kappa shape index (κ2) is 6.99. The Morgan fingerprint density at radius 2 is 1.75 bits per heavy atom. The SMILES string of the molecule is NCCc1nc2cc3c(cc2n1CCN1CCCCC1)OCCO3. The Bertz CT molecular complexity index is 707. The lowest BCUT2D eigenvalue weighted by Gasteiger charge is -2.27. The Labute approximate surface area is 142 Å². The lowest BCUT2D eigenvalue weighted by molar-refractivity contribution is 0.172. The number of hydrogen-bond acceptors (Lipinski definition) is 5. The highest BCUT2D eigenvalue weighted by atomic mass is 16.6. The van der Waals surface area contributed by atoms with Crippen LogP contribution >= 0.6 is 0 Å². The van der Waals surface area contributed by atoms with Crippen LogP contribution in [-0.4, -0.2) is 53.8 Å². The maximum atomic E-state index is 5.80. The van der Waals surface area contributed by atoms with Gasteiger partial charge in [0, 0.05) is 31.6 Å². The highest BCUT2D eigenvalue weighted by Crippen LogP contribution is 2.34. The van der Waals surface area contributed by atoms with Gasteiger partial charge in [0.05, 0.1) is 11.0 Å². The Balaban J connectivity index is 1.64. The number of nitrogens with two attached hydrogens (primary N) is 1. The number of benzene rings is 1. The van der Waals surface area contributed by atoms with E-state index in [1.165, 1.54) is 32.4 Å². The monoisotopic (exact) mass is 330 g/mol. The molecular formula is C18H26N4O2. The molecule has 1 fully saturated rings. The van der Waals surface area contributed by atoms with Crippen LogP contribution in [0.3, 0.4) is 0 Å². The zero-order valence-electron chi connectivity index (χ0n) is 14.2. The number of hydrogen-bond donors (Lipinski definition) is 1. The lowest BCUT2D eigenvalue weighted by atomic mass is 10.1. The maximum absolute atomic E-state index is 5.80. The van der Waals surface area contributed by atoms with Gasteiger partial charge in [0.15, 0.2) is 11.5 Å². The number of imidazole rings is 1. The summed E-state index contributed by atoms with van der Waals surface area (Å²) < 4.78 is 13.8. The van der Waals surface area contributed by atoms with Gasteiger partial charge >= 0.3 is 0 Å². The van der Waals surface area contributed by atoms with Crippen molar-refractivity contribution in [2.75, 3.05) is 39.4 Å². The van der Waals surface area contributed by atoms with Crippen LogP contribution in [0.5, 0.6) is 11.5 Å². The number of nitrogens with zero attached hydrogens (tertiary/aromatic N) is 3. The normalized spacial score (nSPS) is 18.2. The molecule has 1 saturated heterocycles. The van der Waals surface area contributed by atoms with Crippen LogP contribution in [0.4, 0.5) is 0 Å². The van der Waals surface area contributed by atoms with Crippen molar-refractivity contribution in [3.8, 4) is 11.5 Å². The number of aromatic nitrogens is 2. The molecule has 4 rings (SSSR count).